The normalized spacial score (nSPS) is 18.0. The molecule has 6 heteroatoms. The van der Waals surface area contributed by atoms with E-state index in [4.69, 9.17) is 4.74 Å². The molecule has 21 heavy (non-hydrogen) atoms. The van der Waals surface area contributed by atoms with E-state index >= 15 is 0 Å². The summed E-state index contributed by atoms with van der Waals surface area (Å²) in [5.41, 5.74) is 2.31. The summed E-state index contributed by atoms with van der Waals surface area (Å²) in [6, 6.07) is 8.91. The molecule has 2 heterocycles. The van der Waals surface area contributed by atoms with Crippen LogP contribution >= 0.6 is 12.4 Å². The summed E-state index contributed by atoms with van der Waals surface area (Å²) in [6.07, 6.45) is 2.23. The Balaban J connectivity index is 0.00000161. The molecule has 1 aromatic carbocycles. The van der Waals surface area contributed by atoms with E-state index < -0.39 is 0 Å². The zero-order valence-electron chi connectivity index (χ0n) is 11.5. The van der Waals surface area contributed by atoms with E-state index in [1.165, 1.54) is 6.07 Å². The van der Waals surface area contributed by atoms with Crippen molar-refractivity contribution in [3.63, 3.8) is 0 Å². The molecule has 1 aliphatic rings. The van der Waals surface area contributed by atoms with Crippen molar-refractivity contribution >= 4 is 12.4 Å². The minimum absolute atomic E-state index is 0. The molecule has 1 aromatic heterocycles. The van der Waals surface area contributed by atoms with Gasteiger partial charge in [-0.2, -0.15) is 10.2 Å². The molecule has 3 rings (SSSR count). The van der Waals surface area contributed by atoms with Gasteiger partial charge in [0.15, 0.2) is 0 Å². The second-order valence-corrected chi connectivity index (χ2v) is 4.85. The summed E-state index contributed by atoms with van der Waals surface area (Å²) in [4.78, 5) is 0. The second kappa shape index (κ2) is 7.45. The van der Waals surface area contributed by atoms with Gasteiger partial charge in [0.2, 0.25) is 0 Å². The molecule has 0 amide bonds. The zero-order chi connectivity index (χ0) is 13.8. The van der Waals surface area contributed by atoms with Gasteiger partial charge in [-0.15, -0.1) is 12.4 Å². The fourth-order valence-electron chi connectivity index (χ4n) is 2.36. The van der Waals surface area contributed by atoms with Crippen LogP contribution in [0.3, 0.4) is 0 Å². The maximum atomic E-state index is 13.9. The molecular formula is C15H17ClFN3O. The summed E-state index contributed by atoms with van der Waals surface area (Å²) >= 11 is 0. The number of nitrogens with one attached hydrogen (secondary N) is 1. The molecule has 1 saturated heterocycles. The number of ether oxygens (including phenoxy) is 1. The summed E-state index contributed by atoms with van der Waals surface area (Å²) in [5, 5.41) is 11.2. The predicted molar refractivity (Wildman–Crippen MR) is 81.0 cm³/mol. The molecule has 4 nitrogen and oxygen atoms in total. The first kappa shape index (κ1) is 15.8. The molecule has 0 spiro atoms. The van der Waals surface area contributed by atoms with Gasteiger partial charge in [0.1, 0.15) is 5.82 Å². The summed E-state index contributed by atoms with van der Waals surface area (Å²) in [6.45, 7) is 2.16. The van der Waals surface area contributed by atoms with Gasteiger partial charge in [-0.1, -0.05) is 0 Å². The fourth-order valence-corrected chi connectivity index (χ4v) is 2.36. The van der Waals surface area contributed by atoms with E-state index in [2.05, 4.69) is 15.5 Å². The first-order chi connectivity index (χ1) is 9.83. The lowest BCUT2D eigenvalue weighted by Crippen LogP contribution is -2.42. The SMILES string of the molecule is Cl.Fc1ccc(-c2cccnn2)cc1CC1COCCN1. The lowest BCUT2D eigenvalue weighted by atomic mass is 10.0. The molecule has 1 fully saturated rings. The first-order valence-corrected chi connectivity index (χ1v) is 6.70. The van der Waals surface area contributed by atoms with E-state index in [9.17, 15) is 4.39 Å². The van der Waals surface area contributed by atoms with E-state index in [1.54, 1.807) is 12.3 Å². The molecule has 0 saturated carbocycles. The van der Waals surface area contributed by atoms with Crippen molar-refractivity contribution in [1.29, 1.82) is 0 Å². The quantitative estimate of drug-likeness (QED) is 0.944. The minimum Gasteiger partial charge on any atom is -0.379 e. The van der Waals surface area contributed by atoms with Gasteiger partial charge in [0, 0.05) is 24.3 Å². The number of hydrogen-bond acceptors (Lipinski definition) is 4. The van der Waals surface area contributed by atoms with E-state index in [0.29, 0.717) is 18.6 Å². The summed E-state index contributed by atoms with van der Waals surface area (Å²) in [5.74, 6) is -0.190. The fraction of sp³-hybridized carbons (Fsp3) is 0.333. The van der Waals surface area contributed by atoms with Crippen molar-refractivity contribution in [3.8, 4) is 11.3 Å². The van der Waals surface area contributed by atoms with Gasteiger partial charge < -0.3 is 10.1 Å². The zero-order valence-corrected chi connectivity index (χ0v) is 12.3. The molecule has 1 N–H and O–H groups in total. The van der Waals surface area contributed by atoms with Crippen LogP contribution in [0.2, 0.25) is 0 Å². The van der Waals surface area contributed by atoms with Crippen molar-refractivity contribution < 1.29 is 9.13 Å². The van der Waals surface area contributed by atoms with Gasteiger partial charge in [-0.05, 0) is 42.3 Å². The Hall–Kier alpha value is -1.56. The first-order valence-electron chi connectivity index (χ1n) is 6.70. The molecule has 2 aromatic rings. The van der Waals surface area contributed by atoms with Crippen LogP contribution in [0.4, 0.5) is 4.39 Å². The van der Waals surface area contributed by atoms with Gasteiger partial charge in [0.25, 0.3) is 0 Å². The average Bonchev–Trinajstić information content (AvgIpc) is 2.51. The largest absolute Gasteiger partial charge is 0.379 e. The average molecular weight is 310 g/mol. The Kier molecular flexibility index (Phi) is 5.61. The van der Waals surface area contributed by atoms with Crippen molar-refractivity contribution in [2.24, 2.45) is 0 Å². The summed E-state index contributed by atoms with van der Waals surface area (Å²) < 4.78 is 19.3. The van der Waals surface area contributed by atoms with Crippen LogP contribution in [0, 0.1) is 5.82 Å². The third kappa shape index (κ3) is 3.97. The standard InChI is InChI=1S/C15H16FN3O.ClH/c16-14-4-3-11(15-2-1-5-18-19-15)8-12(14)9-13-10-20-7-6-17-13;/h1-5,8,13,17H,6-7,9-10H2;1H. The van der Waals surface area contributed by atoms with Gasteiger partial charge in [-0.25, -0.2) is 4.39 Å². The maximum Gasteiger partial charge on any atom is 0.126 e. The van der Waals surface area contributed by atoms with Crippen molar-refractivity contribution in [3.05, 3.63) is 47.9 Å². The molecular weight excluding hydrogens is 293 g/mol. The Labute approximate surface area is 129 Å². The number of nitrogens with zero attached hydrogens (tertiary/aromatic N) is 2. The lowest BCUT2D eigenvalue weighted by Gasteiger charge is -2.24. The highest BCUT2D eigenvalue weighted by Crippen LogP contribution is 2.21. The van der Waals surface area contributed by atoms with Crippen LogP contribution in [0.5, 0.6) is 0 Å². The molecule has 1 aliphatic heterocycles. The van der Waals surface area contributed by atoms with Crippen molar-refractivity contribution in [1.82, 2.24) is 15.5 Å². The van der Waals surface area contributed by atoms with Crippen LogP contribution in [-0.2, 0) is 11.2 Å². The Bertz CT molecular complexity index is 576. The lowest BCUT2D eigenvalue weighted by molar-refractivity contribution is 0.0767. The smallest absolute Gasteiger partial charge is 0.126 e. The van der Waals surface area contributed by atoms with Crippen molar-refractivity contribution in [2.75, 3.05) is 19.8 Å². The van der Waals surface area contributed by atoms with Crippen LogP contribution < -0.4 is 5.32 Å². The third-order valence-electron chi connectivity index (χ3n) is 3.38. The van der Waals surface area contributed by atoms with E-state index in [0.717, 1.165) is 24.4 Å². The van der Waals surface area contributed by atoms with Crippen LogP contribution in [-0.4, -0.2) is 36.0 Å². The van der Waals surface area contributed by atoms with E-state index in [1.807, 2.05) is 18.2 Å². The molecule has 0 bridgehead atoms. The molecule has 0 radical (unpaired) electrons. The van der Waals surface area contributed by atoms with Crippen LogP contribution in [0.25, 0.3) is 11.3 Å². The van der Waals surface area contributed by atoms with Crippen molar-refractivity contribution in [2.45, 2.75) is 12.5 Å². The van der Waals surface area contributed by atoms with Gasteiger partial charge in [-0.3, -0.25) is 0 Å². The van der Waals surface area contributed by atoms with Crippen LogP contribution in [0.1, 0.15) is 5.56 Å². The number of halogens is 2. The maximum absolute atomic E-state index is 13.9. The highest BCUT2D eigenvalue weighted by molar-refractivity contribution is 5.85. The monoisotopic (exact) mass is 309 g/mol. The molecule has 112 valence electrons. The highest BCUT2D eigenvalue weighted by Gasteiger charge is 2.16. The Morgan fingerprint density at radius 3 is 2.95 bits per heavy atom. The number of rotatable bonds is 3. The minimum atomic E-state index is -0.190. The molecule has 1 atom stereocenters. The number of morpholine rings is 1. The Morgan fingerprint density at radius 1 is 1.33 bits per heavy atom. The number of hydrogen-bond donors (Lipinski definition) is 1. The number of benzene rings is 1. The van der Waals surface area contributed by atoms with Gasteiger partial charge >= 0.3 is 0 Å². The van der Waals surface area contributed by atoms with Gasteiger partial charge in [0.05, 0.1) is 18.9 Å². The Morgan fingerprint density at radius 2 is 2.24 bits per heavy atom. The highest BCUT2D eigenvalue weighted by atomic mass is 35.5. The topological polar surface area (TPSA) is 47.0 Å². The summed E-state index contributed by atoms with van der Waals surface area (Å²) in [7, 11) is 0. The van der Waals surface area contributed by atoms with E-state index in [-0.39, 0.29) is 24.3 Å². The second-order valence-electron chi connectivity index (χ2n) is 4.85. The predicted octanol–water partition coefficient (Wildman–Crippen LogP) is 2.24. The third-order valence-corrected chi connectivity index (χ3v) is 3.38. The number of aromatic nitrogens is 2. The molecule has 1 unspecified atom stereocenters. The van der Waals surface area contributed by atoms with Crippen LogP contribution in [0.15, 0.2) is 36.5 Å². The molecule has 0 aliphatic carbocycles.